The number of benzene rings is 1. The largest absolute Gasteiger partial charge is 0.376 e. The van der Waals surface area contributed by atoms with Crippen LogP contribution in [0.3, 0.4) is 0 Å². The van der Waals surface area contributed by atoms with E-state index in [1.54, 1.807) is 4.57 Å². The van der Waals surface area contributed by atoms with Gasteiger partial charge in [0, 0.05) is 17.6 Å². The van der Waals surface area contributed by atoms with Crippen LogP contribution in [-0.4, -0.2) is 33.9 Å². The Morgan fingerprint density at radius 1 is 1.41 bits per heavy atom. The molecule has 32 heavy (non-hydrogen) atoms. The van der Waals surface area contributed by atoms with Crippen molar-refractivity contribution in [3.05, 3.63) is 50.6 Å². The van der Waals surface area contributed by atoms with E-state index in [9.17, 15) is 18.4 Å². The van der Waals surface area contributed by atoms with Crippen LogP contribution in [-0.2, 0) is 22.5 Å². The third-order valence-electron chi connectivity index (χ3n) is 5.38. The molecule has 170 valence electrons. The van der Waals surface area contributed by atoms with Gasteiger partial charge in [0.2, 0.25) is 5.91 Å². The zero-order valence-electron chi connectivity index (χ0n) is 17.7. The quantitative estimate of drug-likeness (QED) is 0.399. The second-order valence-electron chi connectivity index (χ2n) is 7.58. The molecule has 10 heteroatoms. The van der Waals surface area contributed by atoms with E-state index in [0.717, 1.165) is 59.7 Å². The Morgan fingerprint density at radius 2 is 2.22 bits per heavy atom. The number of aromatic nitrogens is 2. The van der Waals surface area contributed by atoms with Crippen molar-refractivity contribution in [2.45, 2.75) is 50.9 Å². The van der Waals surface area contributed by atoms with Crippen molar-refractivity contribution in [3.63, 3.8) is 0 Å². The Morgan fingerprint density at radius 3 is 2.94 bits per heavy atom. The second kappa shape index (κ2) is 9.68. The third-order valence-corrected chi connectivity index (χ3v) is 7.39. The highest BCUT2D eigenvalue weighted by Gasteiger charge is 2.23. The van der Waals surface area contributed by atoms with Gasteiger partial charge in [-0.05, 0) is 43.9 Å². The molecule has 0 aliphatic carbocycles. The first-order chi connectivity index (χ1) is 15.4. The molecule has 0 spiro atoms. The molecular formula is C22H23F2N3O3S2. The summed E-state index contributed by atoms with van der Waals surface area (Å²) >= 11 is 2.56. The van der Waals surface area contributed by atoms with Gasteiger partial charge in [-0.15, -0.1) is 11.3 Å². The number of aryl methyl sites for hydroxylation is 2. The number of nitrogens with zero attached hydrogens (tertiary/aromatic N) is 2. The van der Waals surface area contributed by atoms with E-state index in [-0.39, 0.29) is 23.1 Å². The fraction of sp³-hybridized carbons (Fsp3) is 0.409. The van der Waals surface area contributed by atoms with Crippen LogP contribution in [0, 0.1) is 18.6 Å². The van der Waals surface area contributed by atoms with Crippen molar-refractivity contribution >= 4 is 44.9 Å². The minimum absolute atomic E-state index is 0.0775. The SMILES string of the molecule is CCc1c(C)sc2nc(SCC(=O)Nc3cc(F)ccc3F)n(CC3CCCO3)c(=O)c12. The predicted molar refractivity (Wildman–Crippen MR) is 123 cm³/mol. The molecule has 1 fully saturated rings. The highest BCUT2D eigenvalue weighted by molar-refractivity contribution is 7.99. The van der Waals surface area contributed by atoms with E-state index in [4.69, 9.17) is 9.72 Å². The van der Waals surface area contributed by atoms with E-state index >= 15 is 0 Å². The molecule has 3 aromatic rings. The first-order valence-electron chi connectivity index (χ1n) is 10.4. The highest BCUT2D eigenvalue weighted by Crippen LogP contribution is 2.30. The number of thioether (sulfide) groups is 1. The molecule has 0 bridgehead atoms. The molecule has 1 saturated heterocycles. The lowest BCUT2D eigenvalue weighted by molar-refractivity contribution is -0.113. The Balaban J connectivity index is 1.62. The van der Waals surface area contributed by atoms with Crippen LogP contribution in [0.15, 0.2) is 28.2 Å². The van der Waals surface area contributed by atoms with Crippen molar-refractivity contribution in [1.82, 2.24) is 9.55 Å². The maximum absolute atomic E-state index is 13.8. The van der Waals surface area contributed by atoms with Crippen LogP contribution < -0.4 is 10.9 Å². The van der Waals surface area contributed by atoms with Crippen molar-refractivity contribution in [3.8, 4) is 0 Å². The average molecular weight is 480 g/mol. The van der Waals surface area contributed by atoms with E-state index in [2.05, 4.69) is 5.32 Å². The lowest BCUT2D eigenvalue weighted by Gasteiger charge is -2.16. The number of amides is 1. The minimum atomic E-state index is -0.722. The smallest absolute Gasteiger partial charge is 0.263 e. The molecule has 1 unspecified atom stereocenters. The number of thiophene rings is 1. The van der Waals surface area contributed by atoms with E-state index in [1.165, 1.54) is 11.3 Å². The number of carbonyl (C=O) groups is 1. The number of halogens is 2. The number of carbonyl (C=O) groups excluding carboxylic acids is 1. The maximum Gasteiger partial charge on any atom is 0.263 e. The molecule has 6 nitrogen and oxygen atoms in total. The summed E-state index contributed by atoms with van der Waals surface area (Å²) in [5.74, 6) is -1.99. The first kappa shape index (κ1) is 22.9. The van der Waals surface area contributed by atoms with Crippen LogP contribution in [0.2, 0.25) is 0 Å². The van der Waals surface area contributed by atoms with Crippen LogP contribution in [0.25, 0.3) is 10.2 Å². The molecule has 1 aliphatic rings. The molecule has 0 saturated carbocycles. The number of nitrogens with one attached hydrogen (secondary N) is 1. The highest BCUT2D eigenvalue weighted by atomic mass is 32.2. The summed E-state index contributed by atoms with van der Waals surface area (Å²) < 4.78 is 34.5. The monoisotopic (exact) mass is 479 g/mol. The molecule has 0 radical (unpaired) electrons. The van der Waals surface area contributed by atoms with Gasteiger partial charge >= 0.3 is 0 Å². The number of rotatable bonds is 7. The lowest BCUT2D eigenvalue weighted by atomic mass is 10.1. The minimum Gasteiger partial charge on any atom is -0.376 e. The van der Waals surface area contributed by atoms with E-state index < -0.39 is 17.5 Å². The van der Waals surface area contributed by atoms with Gasteiger partial charge < -0.3 is 10.1 Å². The van der Waals surface area contributed by atoms with Gasteiger partial charge in [-0.1, -0.05) is 18.7 Å². The molecule has 1 atom stereocenters. The molecule has 1 N–H and O–H groups in total. The van der Waals surface area contributed by atoms with Gasteiger partial charge in [-0.2, -0.15) is 0 Å². The first-order valence-corrected chi connectivity index (χ1v) is 12.2. The zero-order chi connectivity index (χ0) is 22.8. The Labute approximate surface area is 192 Å². The summed E-state index contributed by atoms with van der Waals surface area (Å²) in [5, 5.41) is 3.42. The van der Waals surface area contributed by atoms with Crippen molar-refractivity contribution in [2.75, 3.05) is 17.7 Å². The van der Waals surface area contributed by atoms with Gasteiger partial charge in [0.05, 0.1) is 29.5 Å². The van der Waals surface area contributed by atoms with Gasteiger partial charge in [-0.25, -0.2) is 13.8 Å². The topological polar surface area (TPSA) is 73.2 Å². The Bertz CT molecular complexity index is 1220. The lowest BCUT2D eigenvalue weighted by Crippen LogP contribution is -2.29. The summed E-state index contributed by atoms with van der Waals surface area (Å²) in [6.45, 7) is 5.01. The van der Waals surface area contributed by atoms with Crippen molar-refractivity contribution in [2.24, 2.45) is 0 Å². The van der Waals surface area contributed by atoms with Crippen LogP contribution in [0.4, 0.5) is 14.5 Å². The van der Waals surface area contributed by atoms with E-state index in [0.29, 0.717) is 28.5 Å². The number of hydrogen-bond acceptors (Lipinski definition) is 6. The number of fused-ring (bicyclic) bond motifs is 1. The molecule has 3 heterocycles. The molecule has 1 aromatic carbocycles. The van der Waals surface area contributed by atoms with Gasteiger partial charge in [-0.3, -0.25) is 14.2 Å². The number of ether oxygens (including phenoxy) is 1. The zero-order valence-corrected chi connectivity index (χ0v) is 19.4. The Hall–Kier alpha value is -2.30. The van der Waals surface area contributed by atoms with Crippen LogP contribution in [0.5, 0.6) is 0 Å². The van der Waals surface area contributed by atoms with E-state index in [1.807, 2.05) is 13.8 Å². The summed E-state index contributed by atoms with van der Waals surface area (Å²) in [6.07, 6.45) is 2.46. The van der Waals surface area contributed by atoms with Gasteiger partial charge in [0.15, 0.2) is 5.16 Å². The molecular weight excluding hydrogens is 456 g/mol. The van der Waals surface area contributed by atoms with Crippen LogP contribution in [0.1, 0.15) is 30.2 Å². The second-order valence-corrected chi connectivity index (χ2v) is 9.72. The van der Waals surface area contributed by atoms with Crippen molar-refractivity contribution < 1.29 is 18.3 Å². The van der Waals surface area contributed by atoms with Crippen LogP contribution >= 0.6 is 23.1 Å². The molecule has 1 amide bonds. The fourth-order valence-electron chi connectivity index (χ4n) is 3.83. The predicted octanol–water partition coefficient (Wildman–Crippen LogP) is 4.52. The maximum atomic E-state index is 13.8. The third kappa shape index (κ3) is 4.72. The summed E-state index contributed by atoms with van der Waals surface area (Å²) in [5.41, 5.74) is 0.641. The van der Waals surface area contributed by atoms with Gasteiger partial charge in [0.25, 0.3) is 5.56 Å². The normalized spacial score (nSPS) is 16.1. The fourth-order valence-corrected chi connectivity index (χ4v) is 5.79. The Kier molecular flexibility index (Phi) is 6.92. The molecule has 2 aromatic heterocycles. The molecule has 1 aliphatic heterocycles. The van der Waals surface area contributed by atoms with Crippen molar-refractivity contribution in [1.29, 1.82) is 0 Å². The average Bonchev–Trinajstić information content (AvgIpc) is 3.38. The van der Waals surface area contributed by atoms with Gasteiger partial charge in [0.1, 0.15) is 16.5 Å². The summed E-state index contributed by atoms with van der Waals surface area (Å²) in [4.78, 5) is 32.2. The number of hydrogen-bond donors (Lipinski definition) is 1. The number of anilines is 1. The summed E-state index contributed by atoms with van der Waals surface area (Å²) in [6, 6.07) is 2.86. The summed E-state index contributed by atoms with van der Waals surface area (Å²) in [7, 11) is 0. The standard InChI is InChI=1S/C22H23F2N3O3S2/c1-3-15-12(2)32-20-19(15)21(29)27(10-14-5-4-8-30-14)22(26-20)31-11-18(28)25-17-9-13(23)6-7-16(17)24/h6-7,9,14H,3-5,8,10-11H2,1-2H3,(H,25,28). The molecule has 4 rings (SSSR count).